The molecule has 0 saturated heterocycles. The molecule has 0 bridgehead atoms. The summed E-state index contributed by atoms with van der Waals surface area (Å²) in [5, 5.41) is 12.3. The molecule has 4 heteroatoms. The third kappa shape index (κ3) is 1.38. The Morgan fingerprint density at radius 3 is 2.93 bits per heavy atom. The van der Waals surface area contributed by atoms with Gasteiger partial charge in [0.25, 0.3) is 0 Å². The molecule has 0 atom stereocenters. The van der Waals surface area contributed by atoms with Crippen molar-refractivity contribution in [2.75, 3.05) is 5.73 Å². The normalized spacial score (nSPS) is 11.0. The molecule has 1 aromatic carbocycles. The fourth-order valence-electron chi connectivity index (χ4n) is 1.54. The summed E-state index contributed by atoms with van der Waals surface area (Å²) in [7, 11) is 0. The number of rotatable bonds is 2. The Hall–Kier alpha value is -0.770. The van der Waals surface area contributed by atoms with Gasteiger partial charge in [0.1, 0.15) is 0 Å². The molecule has 1 aromatic heterocycles. The van der Waals surface area contributed by atoms with Crippen LogP contribution in [0.3, 0.4) is 0 Å². The fourth-order valence-corrected chi connectivity index (χ4v) is 2.64. The van der Waals surface area contributed by atoms with Crippen molar-refractivity contribution >= 4 is 38.7 Å². The molecule has 2 aromatic rings. The van der Waals surface area contributed by atoms with Crippen LogP contribution in [0.5, 0.6) is 0 Å². The van der Waals surface area contributed by atoms with E-state index in [2.05, 4.69) is 0 Å². The zero-order valence-corrected chi connectivity index (χ0v) is 9.03. The molecular formula is C10H10ClNOS. The van der Waals surface area contributed by atoms with Gasteiger partial charge in [-0.05, 0) is 23.1 Å². The molecule has 14 heavy (non-hydrogen) atoms. The molecule has 74 valence electrons. The Kier molecular flexibility index (Phi) is 2.63. The van der Waals surface area contributed by atoms with Crippen LogP contribution in [0.2, 0.25) is 0 Å². The molecule has 0 amide bonds. The number of hydrogen-bond donors (Lipinski definition) is 2. The molecule has 3 N–H and O–H groups in total. The summed E-state index contributed by atoms with van der Waals surface area (Å²) in [4.78, 5) is 0. The van der Waals surface area contributed by atoms with Crippen LogP contribution in [0, 0.1) is 0 Å². The first-order valence-corrected chi connectivity index (χ1v) is 5.63. The van der Waals surface area contributed by atoms with Crippen molar-refractivity contribution in [3.8, 4) is 0 Å². The van der Waals surface area contributed by atoms with E-state index in [-0.39, 0.29) is 6.61 Å². The van der Waals surface area contributed by atoms with Crippen molar-refractivity contribution in [3.05, 3.63) is 28.6 Å². The van der Waals surface area contributed by atoms with Crippen LogP contribution in [-0.4, -0.2) is 5.11 Å². The highest BCUT2D eigenvalue weighted by atomic mass is 35.5. The van der Waals surface area contributed by atoms with Crippen LogP contribution in [0.25, 0.3) is 10.1 Å². The third-order valence-corrected chi connectivity index (χ3v) is 3.45. The lowest BCUT2D eigenvalue weighted by molar-refractivity contribution is 0.284. The van der Waals surface area contributed by atoms with Gasteiger partial charge in [0.15, 0.2) is 0 Å². The Bertz CT molecular complexity index is 466. The van der Waals surface area contributed by atoms with E-state index in [0.29, 0.717) is 11.6 Å². The van der Waals surface area contributed by atoms with E-state index in [1.165, 1.54) is 0 Å². The first-order chi connectivity index (χ1) is 6.77. The number of halogens is 1. The molecule has 1 heterocycles. The number of aliphatic hydroxyl groups excluding tert-OH is 1. The number of fused-ring (bicyclic) bond motifs is 1. The number of alkyl halides is 1. The molecule has 2 rings (SSSR count). The molecular weight excluding hydrogens is 218 g/mol. The second kappa shape index (κ2) is 3.77. The lowest BCUT2D eigenvalue weighted by Crippen LogP contribution is -1.99. The Morgan fingerprint density at radius 2 is 2.29 bits per heavy atom. The van der Waals surface area contributed by atoms with Crippen molar-refractivity contribution in [3.63, 3.8) is 0 Å². The molecule has 0 spiro atoms. The number of nitrogens with two attached hydrogens (primary N) is 1. The van der Waals surface area contributed by atoms with Crippen LogP contribution < -0.4 is 5.73 Å². The molecule has 0 radical (unpaired) electrons. The van der Waals surface area contributed by atoms with Gasteiger partial charge in [-0.2, -0.15) is 0 Å². The zero-order valence-electron chi connectivity index (χ0n) is 7.46. The SMILES string of the molecule is Nc1c(CCl)cc2sccc2c1CO. The highest BCUT2D eigenvalue weighted by Gasteiger charge is 2.10. The average Bonchev–Trinajstić information content (AvgIpc) is 2.64. The van der Waals surface area contributed by atoms with Crippen molar-refractivity contribution in [1.82, 2.24) is 0 Å². The number of nitrogen functional groups attached to an aromatic ring is 1. The molecule has 0 saturated carbocycles. The number of anilines is 1. The first-order valence-electron chi connectivity index (χ1n) is 4.22. The smallest absolute Gasteiger partial charge is 0.0708 e. The second-order valence-electron chi connectivity index (χ2n) is 3.05. The molecule has 0 aliphatic heterocycles. The van der Waals surface area contributed by atoms with Gasteiger partial charge < -0.3 is 10.8 Å². The van der Waals surface area contributed by atoms with E-state index >= 15 is 0 Å². The van der Waals surface area contributed by atoms with E-state index in [9.17, 15) is 5.11 Å². The predicted molar refractivity (Wildman–Crippen MR) is 61.7 cm³/mol. The molecule has 2 nitrogen and oxygen atoms in total. The standard InChI is InChI=1S/C10H10ClNOS/c11-4-6-3-9-7(1-2-14-9)8(5-13)10(6)12/h1-3,13H,4-5,12H2. The van der Waals surface area contributed by atoms with Gasteiger partial charge in [0.2, 0.25) is 0 Å². The van der Waals surface area contributed by atoms with Gasteiger partial charge >= 0.3 is 0 Å². The van der Waals surface area contributed by atoms with Crippen LogP contribution in [-0.2, 0) is 12.5 Å². The van der Waals surface area contributed by atoms with Crippen LogP contribution in [0.1, 0.15) is 11.1 Å². The van der Waals surface area contributed by atoms with Crippen LogP contribution in [0.4, 0.5) is 5.69 Å². The van der Waals surface area contributed by atoms with Gasteiger partial charge in [0, 0.05) is 27.2 Å². The topological polar surface area (TPSA) is 46.2 Å². The molecule has 0 unspecified atom stereocenters. The van der Waals surface area contributed by atoms with Crippen molar-refractivity contribution in [2.45, 2.75) is 12.5 Å². The average molecular weight is 228 g/mol. The summed E-state index contributed by atoms with van der Waals surface area (Å²) in [5.74, 6) is 0.382. The first kappa shape index (κ1) is 9.77. The molecule has 0 fully saturated rings. The van der Waals surface area contributed by atoms with Gasteiger partial charge in [-0.15, -0.1) is 22.9 Å². The third-order valence-electron chi connectivity index (χ3n) is 2.30. The maximum absolute atomic E-state index is 9.24. The summed E-state index contributed by atoms with van der Waals surface area (Å²) in [5.41, 5.74) is 8.19. The van der Waals surface area contributed by atoms with Crippen molar-refractivity contribution in [2.24, 2.45) is 0 Å². The minimum absolute atomic E-state index is 0.0379. The van der Waals surface area contributed by atoms with Crippen molar-refractivity contribution in [1.29, 1.82) is 0 Å². The number of benzene rings is 1. The summed E-state index contributed by atoms with van der Waals surface area (Å²) in [6.07, 6.45) is 0. The Labute approximate surface area is 90.9 Å². The Balaban J connectivity index is 2.80. The molecule has 0 aliphatic carbocycles. The van der Waals surface area contributed by atoms with Gasteiger partial charge in [-0.3, -0.25) is 0 Å². The number of thiophene rings is 1. The van der Waals surface area contributed by atoms with Crippen molar-refractivity contribution < 1.29 is 5.11 Å². The number of aliphatic hydroxyl groups is 1. The predicted octanol–water partition coefficient (Wildman–Crippen LogP) is 2.71. The lowest BCUT2D eigenvalue weighted by atomic mass is 10.0. The molecule has 0 aliphatic rings. The van der Waals surface area contributed by atoms with Crippen LogP contribution >= 0.6 is 22.9 Å². The van der Waals surface area contributed by atoms with Gasteiger partial charge in [-0.25, -0.2) is 0 Å². The van der Waals surface area contributed by atoms with E-state index in [0.717, 1.165) is 21.2 Å². The van der Waals surface area contributed by atoms with E-state index < -0.39 is 0 Å². The largest absolute Gasteiger partial charge is 0.398 e. The fraction of sp³-hybridized carbons (Fsp3) is 0.200. The summed E-state index contributed by atoms with van der Waals surface area (Å²) in [6, 6.07) is 3.96. The minimum Gasteiger partial charge on any atom is -0.398 e. The summed E-state index contributed by atoms with van der Waals surface area (Å²) < 4.78 is 1.12. The highest BCUT2D eigenvalue weighted by Crippen LogP contribution is 2.32. The van der Waals surface area contributed by atoms with Gasteiger partial charge in [-0.1, -0.05) is 0 Å². The van der Waals surface area contributed by atoms with E-state index in [4.69, 9.17) is 17.3 Å². The maximum Gasteiger partial charge on any atom is 0.0708 e. The summed E-state index contributed by atoms with van der Waals surface area (Å²) >= 11 is 7.40. The summed E-state index contributed by atoms with van der Waals surface area (Å²) in [6.45, 7) is -0.0379. The van der Waals surface area contributed by atoms with E-state index in [1.807, 2.05) is 17.5 Å². The quantitative estimate of drug-likeness (QED) is 0.612. The van der Waals surface area contributed by atoms with Crippen LogP contribution in [0.15, 0.2) is 17.5 Å². The van der Waals surface area contributed by atoms with Gasteiger partial charge in [0.05, 0.1) is 6.61 Å². The minimum atomic E-state index is -0.0379. The van der Waals surface area contributed by atoms with E-state index in [1.54, 1.807) is 11.3 Å². The maximum atomic E-state index is 9.24. The highest BCUT2D eigenvalue weighted by molar-refractivity contribution is 7.17. The lowest BCUT2D eigenvalue weighted by Gasteiger charge is -2.08. The second-order valence-corrected chi connectivity index (χ2v) is 4.27. The number of hydrogen-bond acceptors (Lipinski definition) is 3. The monoisotopic (exact) mass is 227 g/mol. The zero-order chi connectivity index (χ0) is 10.1. The Morgan fingerprint density at radius 1 is 1.50 bits per heavy atom.